The molecule has 0 unspecified atom stereocenters. The van der Waals surface area contributed by atoms with Crippen LogP contribution in [-0.2, 0) is 0 Å². The summed E-state index contributed by atoms with van der Waals surface area (Å²) in [6.07, 6.45) is 5.53. The van der Waals surface area contributed by atoms with E-state index in [1.165, 1.54) is 25.0 Å². The van der Waals surface area contributed by atoms with E-state index in [-0.39, 0.29) is 0 Å². The molecule has 5 heteroatoms. The maximum atomic E-state index is 11.0. The van der Waals surface area contributed by atoms with Crippen LogP contribution >= 0.6 is 0 Å². The Balaban J connectivity index is 2.91. The van der Waals surface area contributed by atoms with Crippen molar-refractivity contribution in [1.82, 2.24) is 15.0 Å². The number of fused-ring (bicyclic) bond motifs is 1. The number of nitrogens with zero attached hydrogens (tertiary/aromatic N) is 4. The van der Waals surface area contributed by atoms with Crippen LogP contribution in [0.3, 0.4) is 0 Å². The van der Waals surface area contributed by atoms with Gasteiger partial charge in [0, 0.05) is 0 Å². The van der Waals surface area contributed by atoms with Crippen LogP contribution in [-0.4, -0.2) is 15.0 Å². The standard InChI is InChI=1S/C6H4N4O/c11-10-4-8-1-5-6(10)2-7-3-9-5/h1-4H. The van der Waals surface area contributed by atoms with Gasteiger partial charge in [-0.1, -0.05) is 4.98 Å². The third-order valence-electron chi connectivity index (χ3n) is 1.33. The Bertz CT molecular complexity index is 384. The van der Waals surface area contributed by atoms with Gasteiger partial charge in [-0.15, -0.1) is 0 Å². The monoisotopic (exact) mass is 148 g/mol. The van der Waals surface area contributed by atoms with E-state index in [0.29, 0.717) is 15.8 Å². The maximum absolute atomic E-state index is 11.0. The van der Waals surface area contributed by atoms with Gasteiger partial charge in [-0.3, -0.25) is 0 Å². The van der Waals surface area contributed by atoms with E-state index in [0.717, 1.165) is 0 Å². The Hall–Kier alpha value is -1.78. The van der Waals surface area contributed by atoms with Crippen molar-refractivity contribution in [2.45, 2.75) is 0 Å². The number of hydrogen-bond acceptors (Lipinski definition) is 4. The van der Waals surface area contributed by atoms with Crippen LogP contribution < -0.4 is 4.73 Å². The second kappa shape index (κ2) is 2.12. The molecule has 0 aliphatic rings. The molecule has 5 nitrogen and oxygen atoms in total. The van der Waals surface area contributed by atoms with Gasteiger partial charge in [-0.05, 0) is 0 Å². The highest BCUT2D eigenvalue weighted by Crippen LogP contribution is 1.98. The fourth-order valence-electron chi connectivity index (χ4n) is 0.828. The van der Waals surface area contributed by atoms with Crippen LogP contribution in [0.4, 0.5) is 0 Å². The molecule has 0 aliphatic carbocycles. The number of rotatable bonds is 0. The van der Waals surface area contributed by atoms with Crippen molar-refractivity contribution in [1.29, 1.82) is 0 Å². The Labute approximate surface area is 61.9 Å². The highest BCUT2D eigenvalue weighted by Gasteiger charge is 1.99. The molecule has 0 fully saturated rings. The van der Waals surface area contributed by atoms with Crippen molar-refractivity contribution in [3.05, 3.63) is 30.3 Å². The molecule has 2 aromatic heterocycles. The summed E-state index contributed by atoms with van der Waals surface area (Å²) in [5.74, 6) is 0. The van der Waals surface area contributed by atoms with Gasteiger partial charge in [0.15, 0.2) is 17.2 Å². The molecule has 0 saturated carbocycles. The largest absolute Gasteiger partial charge is 0.710 e. The molecule has 0 atom stereocenters. The van der Waals surface area contributed by atoms with Gasteiger partial charge in [0.25, 0.3) is 6.33 Å². The minimum absolute atomic E-state index is 0.433. The van der Waals surface area contributed by atoms with Crippen LogP contribution in [0.25, 0.3) is 11.0 Å². The highest BCUT2D eigenvalue weighted by atomic mass is 16.5. The zero-order valence-electron chi connectivity index (χ0n) is 5.51. The van der Waals surface area contributed by atoms with Crippen LogP contribution in [0.15, 0.2) is 25.0 Å². The molecular formula is C6H4N4O. The first-order valence-electron chi connectivity index (χ1n) is 3.01. The predicted octanol–water partition coefficient (Wildman–Crippen LogP) is -0.342. The molecule has 0 amide bonds. The lowest BCUT2D eigenvalue weighted by Gasteiger charge is -2.00. The Morgan fingerprint density at radius 2 is 2.18 bits per heavy atom. The third-order valence-corrected chi connectivity index (χ3v) is 1.33. The summed E-state index contributed by atoms with van der Waals surface area (Å²) in [7, 11) is 0. The van der Waals surface area contributed by atoms with E-state index in [1.54, 1.807) is 0 Å². The predicted molar refractivity (Wildman–Crippen MR) is 36.3 cm³/mol. The molecule has 0 bridgehead atoms. The first-order chi connectivity index (χ1) is 5.38. The summed E-state index contributed by atoms with van der Waals surface area (Å²) in [5, 5.41) is 11.0. The number of aromatic nitrogens is 4. The molecule has 0 aliphatic heterocycles. The molecule has 2 rings (SSSR count). The molecule has 0 radical (unpaired) electrons. The summed E-state index contributed by atoms with van der Waals surface area (Å²) in [4.78, 5) is 11.2. The quantitative estimate of drug-likeness (QED) is 0.378. The third kappa shape index (κ3) is 0.861. The summed E-state index contributed by atoms with van der Waals surface area (Å²) in [5.41, 5.74) is 0.986. The van der Waals surface area contributed by atoms with Crippen molar-refractivity contribution in [3.8, 4) is 0 Å². The van der Waals surface area contributed by atoms with Crippen molar-refractivity contribution in [2.24, 2.45) is 0 Å². The Morgan fingerprint density at radius 3 is 3.00 bits per heavy atom. The first-order valence-corrected chi connectivity index (χ1v) is 3.01. The molecule has 0 saturated heterocycles. The average molecular weight is 148 g/mol. The van der Waals surface area contributed by atoms with Gasteiger partial charge in [0.2, 0.25) is 0 Å². The lowest BCUT2D eigenvalue weighted by Crippen LogP contribution is -2.27. The van der Waals surface area contributed by atoms with Gasteiger partial charge >= 0.3 is 0 Å². The van der Waals surface area contributed by atoms with Gasteiger partial charge < -0.3 is 5.21 Å². The summed E-state index contributed by atoms with van der Waals surface area (Å²) in [6, 6.07) is 0. The molecule has 0 aromatic carbocycles. The second-order valence-corrected chi connectivity index (χ2v) is 2.01. The lowest BCUT2D eigenvalue weighted by molar-refractivity contribution is -0.580. The SMILES string of the molecule is [O-][n+]1cncc2ncncc21. The number of hydrogen-bond donors (Lipinski definition) is 0. The van der Waals surface area contributed by atoms with E-state index < -0.39 is 0 Å². The van der Waals surface area contributed by atoms with Gasteiger partial charge in [0.1, 0.15) is 6.33 Å². The van der Waals surface area contributed by atoms with E-state index in [9.17, 15) is 5.21 Å². The fourth-order valence-corrected chi connectivity index (χ4v) is 0.828. The zero-order valence-corrected chi connectivity index (χ0v) is 5.51. The first kappa shape index (κ1) is 5.96. The van der Waals surface area contributed by atoms with Crippen LogP contribution in [0.2, 0.25) is 0 Å². The Kier molecular flexibility index (Phi) is 1.15. The van der Waals surface area contributed by atoms with Crippen molar-refractivity contribution >= 4 is 11.0 Å². The van der Waals surface area contributed by atoms with Gasteiger partial charge in [0.05, 0.1) is 6.20 Å². The molecular weight excluding hydrogens is 144 g/mol. The van der Waals surface area contributed by atoms with E-state index >= 15 is 0 Å². The lowest BCUT2D eigenvalue weighted by atomic mass is 10.4. The topological polar surface area (TPSA) is 65.6 Å². The van der Waals surface area contributed by atoms with Crippen LogP contribution in [0.1, 0.15) is 0 Å². The molecule has 0 spiro atoms. The second-order valence-electron chi connectivity index (χ2n) is 2.01. The maximum Gasteiger partial charge on any atom is 0.289 e. The average Bonchev–Trinajstić information content (AvgIpc) is 2.06. The van der Waals surface area contributed by atoms with Crippen molar-refractivity contribution in [2.75, 3.05) is 0 Å². The minimum Gasteiger partial charge on any atom is -0.710 e. The van der Waals surface area contributed by atoms with Crippen molar-refractivity contribution in [3.63, 3.8) is 0 Å². The molecule has 11 heavy (non-hydrogen) atoms. The van der Waals surface area contributed by atoms with Crippen molar-refractivity contribution < 1.29 is 4.73 Å². The summed E-state index contributed by atoms with van der Waals surface area (Å²) in [6.45, 7) is 0. The zero-order chi connectivity index (χ0) is 7.68. The molecule has 0 N–H and O–H groups in total. The highest BCUT2D eigenvalue weighted by molar-refractivity contribution is 5.67. The van der Waals surface area contributed by atoms with E-state index in [1.807, 2.05) is 0 Å². The molecule has 2 heterocycles. The smallest absolute Gasteiger partial charge is 0.289 e. The van der Waals surface area contributed by atoms with Crippen LogP contribution in [0, 0.1) is 5.21 Å². The van der Waals surface area contributed by atoms with Gasteiger partial charge in [-0.25, -0.2) is 14.7 Å². The minimum atomic E-state index is 0.433. The van der Waals surface area contributed by atoms with E-state index in [4.69, 9.17) is 0 Å². The molecule has 54 valence electrons. The summed E-state index contributed by atoms with van der Waals surface area (Å²) < 4.78 is 0.634. The molecule has 2 aromatic rings. The normalized spacial score (nSPS) is 10.2. The fraction of sp³-hybridized carbons (Fsp3) is 0. The van der Waals surface area contributed by atoms with E-state index in [2.05, 4.69) is 15.0 Å². The van der Waals surface area contributed by atoms with Crippen LogP contribution in [0.5, 0.6) is 0 Å². The Morgan fingerprint density at radius 1 is 1.27 bits per heavy atom. The van der Waals surface area contributed by atoms with Gasteiger partial charge in [-0.2, -0.15) is 0 Å². The summed E-state index contributed by atoms with van der Waals surface area (Å²) >= 11 is 0.